The van der Waals surface area contributed by atoms with Crippen LogP contribution in [0.1, 0.15) is 34.0 Å². The minimum atomic E-state index is -0.162. The van der Waals surface area contributed by atoms with Gasteiger partial charge in [-0.1, -0.05) is 12.1 Å². The Bertz CT molecular complexity index is 1120. The number of ether oxygens (including phenoxy) is 3. The number of hydrogen-bond acceptors (Lipinski definition) is 6. The highest BCUT2D eigenvalue weighted by Crippen LogP contribution is 2.33. The summed E-state index contributed by atoms with van der Waals surface area (Å²) in [7, 11) is 3.34. The lowest BCUT2D eigenvalue weighted by molar-refractivity contribution is 0.0932. The SMILES string of the molecule is COc1cc2c(cc1OC)CN(Cc1cccc(OC(C)CNC(=O)c3ccncc3)c1)CC2. The fourth-order valence-corrected chi connectivity index (χ4v) is 4.17. The van der Waals surface area contributed by atoms with Crippen LogP contribution in [0.25, 0.3) is 0 Å². The van der Waals surface area contributed by atoms with Crippen molar-refractivity contribution in [2.24, 2.45) is 0 Å². The first-order valence-electron chi connectivity index (χ1n) is 11.5. The highest BCUT2D eigenvalue weighted by molar-refractivity contribution is 5.93. The van der Waals surface area contributed by atoms with Gasteiger partial charge >= 0.3 is 0 Å². The second kappa shape index (κ2) is 11.0. The molecule has 7 heteroatoms. The quantitative estimate of drug-likeness (QED) is 0.522. The van der Waals surface area contributed by atoms with E-state index in [1.54, 1.807) is 38.7 Å². The number of aromatic nitrogens is 1. The number of nitrogens with zero attached hydrogens (tertiary/aromatic N) is 2. The van der Waals surface area contributed by atoms with Crippen LogP contribution in [-0.4, -0.2) is 49.2 Å². The van der Waals surface area contributed by atoms with Crippen LogP contribution in [0.3, 0.4) is 0 Å². The molecule has 1 aliphatic rings. The number of fused-ring (bicyclic) bond motifs is 1. The van der Waals surface area contributed by atoms with Gasteiger partial charge in [0, 0.05) is 37.6 Å². The molecule has 4 rings (SSSR count). The van der Waals surface area contributed by atoms with Crippen molar-refractivity contribution in [2.45, 2.75) is 32.5 Å². The van der Waals surface area contributed by atoms with Gasteiger partial charge in [0.15, 0.2) is 11.5 Å². The van der Waals surface area contributed by atoms with Crippen molar-refractivity contribution in [3.63, 3.8) is 0 Å². The van der Waals surface area contributed by atoms with E-state index in [2.05, 4.69) is 39.5 Å². The van der Waals surface area contributed by atoms with Crippen molar-refractivity contribution < 1.29 is 19.0 Å². The monoisotopic (exact) mass is 461 g/mol. The number of methoxy groups -OCH3 is 2. The maximum atomic E-state index is 12.2. The molecule has 178 valence electrons. The van der Waals surface area contributed by atoms with Crippen molar-refractivity contribution in [3.05, 3.63) is 83.2 Å². The number of amides is 1. The predicted octanol–water partition coefficient (Wildman–Crippen LogP) is 3.85. The summed E-state index contributed by atoms with van der Waals surface area (Å²) < 4.78 is 17.0. The van der Waals surface area contributed by atoms with Crippen LogP contribution in [0.15, 0.2) is 60.9 Å². The van der Waals surface area contributed by atoms with Crippen LogP contribution in [0.5, 0.6) is 17.2 Å². The van der Waals surface area contributed by atoms with E-state index in [4.69, 9.17) is 14.2 Å². The third-order valence-corrected chi connectivity index (χ3v) is 5.93. The van der Waals surface area contributed by atoms with Crippen molar-refractivity contribution in [1.29, 1.82) is 0 Å². The third-order valence-electron chi connectivity index (χ3n) is 5.93. The van der Waals surface area contributed by atoms with Crippen LogP contribution in [0.2, 0.25) is 0 Å². The maximum Gasteiger partial charge on any atom is 0.251 e. The Hall–Kier alpha value is -3.58. The highest BCUT2D eigenvalue weighted by Gasteiger charge is 2.20. The zero-order chi connectivity index (χ0) is 23.9. The van der Waals surface area contributed by atoms with Crippen molar-refractivity contribution in [2.75, 3.05) is 27.3 Å². The van der Waals surface area contributed by atoms with Crippen LogP contribution in [-0.2, 0) is 19.5 Å². The Labute approximate surface area is 200 Å². The maximum absolute atomic E-state index is 12.2. The molecule has 2 aromatic carbocycles. The summed E-state index contributed by atoms with van der Waals surface area (Å²) in [6.07, 6.45) is 4.02. The smallest absolute Gasteiger partial charge is 0.251 e. The van der Waals surface area contributed by atoms with Gasteiger partial charge in [0.25, 0.3) is 5.91 Å². The molecule has 0 fully saturated rings. The second-order valence-electron chi connectivity index (χ2n) is 8.46. The Morgan fingerprint density at radius 2 is 1.79 bits per heavy atom. The van der Waals surface area contributed by atoms with E-state index in [0.29, 0.717) is 12.1 Å². The van der Waals surface area contributed by atoms with Crippen LogP contribution in [0, 0.1) is 0 Å². The summed E-state index contributed by atoms with van der Waals surface area (Å²) in [5, 5.41) is 2.91. The van der Waals surface area contributed by atoms with Crippen molar-refractivity contribution in [3.8, 4) is 17.2 Å². The molecular weight excluding hydrogens is 430 g/mol. The van der Waals surface area contributed by atoms with E-state index in [-0.39, 0.29) is 12.0 Å². The molecule has 2 heterocycles. The molecule has 0 spiro atoms. The zero-order valence-corrected chi connectivity index (χ0v) is 19.9. The van der Waals surface area contributed by atoms with Crippen LogP contribution < -0.4 is 19.5 Å². The highest BCUT2D eigenvalue weighted by atomic mass is 16.5. The average Bonchev–Trinajstić information content (AvgIpc) is 2.87. The normalized spacial score (nSPS) is 14.1. The molecule has 3 aromatic rings. The van der Waals surface area contributed by atoms with Gasteiger partial charge in [0.05, 0.1) is 20.8 Å². The number of carbonyl (C=O) groups is 1. The van der Waals surface area contributed by atoms with Gasteiger partial charge in [-0.15, -0.1) is 0 Å². The molecule has 0 saturated carbocycles. The largest absolute Gasteiger partial charge is 0.493 e. The summed E-state index contributed by atoms with van der Waals surface area (Å²) in [5.41, 5.74) is 4.36. The topological polar surface area (TPSA) is 72.9 Å². The average molecular weight is 462 g/mol. The fourth-order valence-electron chi connectivity index (χ4n) is 4.17. The molecule has 1 atom stereocenters. The van der Waals surface area contributed by atoms with E-state index < -0.39 is 0 Å². The zero-order valence-electron chi connectivity index (χ0n) is 19.9. The van der Waals surface area contributed by atoms with E-state index in [1.165, 1.54) is 16.7 Å². The first-order chi connectivity index (χ1) is 16.6. The number of hydrogen-bond donors (Lipinski definition) is 1. The van der Waals surface area contributed by atoms with E-state index >= 15 is 0 Å². The summed E-state index contributed by atoms with van der Waals surface area (Å²) in [5.74, 6) is 2.22. The molecule has 1 aromatic heterocycles. The van der Waals surface area contributed by atoms with Crippen molar-refractivity contribution >= 4 is 5.91 Å². The van der Waals surface area contributed by atoms with E-state index in [9.17, 15) is 4.79 Å². The first kappa shape index (κ1) is 23.6. The minimum absolute atomic E-state index is 0.133. The predicted molar refractivity (Wildman–Crippen MR) is 130 cm³/mol. The minimum Gasteiger partial charge on any atom is -0.493 e. The molecule has 1 N–H and O–H groups in total. The van der Waals surface area contributed by atoms with Crippen LogP contribution >= 0.6 is 0 Å². The Balaban J connectivity index is 1.33. The van der Waals surface area contributed by atoms with Gasteiger partial charge in [-0.3, -0.25) is 14.7 Å². The summed E-state index contributed by atoms with van der Waals surface area (Å²) in [6, 6.07) is 15.7. The summed E-state index contributed by atoms with van der Waals surface area (Å²) >= 11 is 0. The van der Waals surface area contributed by atoms with Gasteiger partial charge < -0.3 is 19.5 Å². The number of benzene rings is 2. The summed E-state index contributed by atoms with van der Waals surface area (Å²) in [6.45, 7) is 5.03. The number of pyridine rings is 1. The Morgan fingerprint density at radius 3 is 2.53 bits per heavy atom. The molecule has 0 saturated heterocycles. The number of nitrogens with one attached hydrogen (secondary N) is 1. The second-order valence-corrected chi connectivity index (χ2v) is 8.46. The number of carbonyl (C=O) groups excluding carboxylic acids is 1. The lowest BCUT2D eigenvalue weighted by Gasteiger charge is -2.29. The fraction of sp³-hybridized carbons (Fsp3) is 0.333. The molecule has 0 aliphatic carbocycles. The first-order valence-corrected chi connectivity index (χ1v) is 11.5. The molecular formula is C27H31N3O4. The van der Waals surface area contributed by atoms with E-state index in [0.717, 1.165) is 43.3 Å². The molecule has 0 bridgehead atoms. The van der Waals surface area contributed by atoms with Crippen LogP contribution in [0.4, 0.5) is 0 Å². The van der Waals surface area contributed by atoms with E-state index in [1.807, 2.05) is 19.1 Å². The summed E-state index contributed by atoms with van der Waals surface area (Å²) in [4.78, 5) is 18.6. The lowest BCUT2D eigenvalue weighted by Crippen LogP contribution is -2.33. The third kappa shape index (κ3) is 5.85. The van der Waals surface area contributed by atoms with Gasteiger partial charge in [-0.05, 0) is 66.4 Å². The van der Waals surface area contributed by atoms with Gasteiger partial charge in [-0.25, -0.2) is 0 Å². The van der Waals surface area contributed by atoms with Crippen molar-refractivity contribution in [1.82, 2.24) is 15.2 Å². The van der Waals surface area contributed by atoms with Gasteiger partial charge in [0.2, 0.25) is 0 Å². The Morgan fingerprint density at radius 1 is 1.06 bits per heavy atom. The lowest BCUT2D eigenvalue weighted by atomic mass is 9.98. The Kier molecular flexibility index (Phi) is 7.65. The van der Waals surface area contributed by atoms with Gasteiger partial charge in [-0.2, -0.15) is 0 Å². The molecule has 1 amide bonds. The van der Waals surface area contributed by atoms with Gasteiger partial charge in [0.1, 0.15) is 11.9 Å². The molecule has 34 heavy (non-hydrogen) atoms. The standard InChI is InChI=1S/C27H31N3O4/c1-19(16-29-27(31)21-7-10-28-11-8-21)34-24-6-4-5-20(13-24)17-30-12-9-22-14-25(32-2)26(33-3)15-23(22)18-30/h4-8,10-11,13-15,19H,9,12,16-18H2,1-3H3,(H,29,31). The number of rotatable bonds is 9. The molecule has 1 unspecified atom stereocenters. The molecule has 7 nitrogen and oxygen atoms in total. The molecule has 0 radical (unpaired) electrons. The molecule has 1 aliphatic heterocycles.